The van der Waals surface area contributed by atoms with Crippen LogP contribution in [0.15, 0.2) is 24.3 Å². The van der Waals surface area contributed by atoms with Crippen LogP contribution in [0.3, 0.4) is 0 Å². The van der Waals surface area contributed by atoms with Crippen molar-refractivity contribution in [2.45, 2.75) is 25.2 Å². The van der Waals surface area contributed by atoms with E-state index in [0.29, 0.717) is 13.1 Å². The molecule has 17 heavy (non-hydrogen) atoms. The molecule has 1 aromatic rings. The zero-order chi connectivity index (χ0) is 12.3. The lowest BCUT2D eigenvalue weighted by atomic mass is 10.1. The van der Waals surface area contributed by atoms with Gasteiger partial charge < -0.3 is 10.6 Å². The second-order valence-corrected chi connectivity index (χ2v) is 4.65. The minimum atomic E-state index is -2.46. The lowest BCUT2D eigenvalue weighted by Crippen LogP contribution is -2.40. The van der Waals surface area contributed by atoms with Crippen LogP contribution in [0.5, 0.6) is 0 Å². The highest BCUT2D eigenvalue weighted by molar-refractivity contribution is 5.46. The molecule has 1 aliphatic heterocycles. The molecule has 2 nitrogen and oxygen atoms in total. The van der Waals surface area contributed by atoms with E-state index in [9.17, 15) is 8.78 Å². The fraction of sp³-hybridized carbons (Fsp3) is 0.538. The molecule has 0 radical (unpaired) electrons. The van der Waals surface area contributed by atoms with E-state index >= 15 is 0 Å². The van der Waals surface area contributed by atoms with Gasteiger partial charge >= 0.3 is 0 Å². The third-order valence-electron chi connectivity index (χ3n) is 3.34. The summed E-state index contributed by atoms with van der Waals surface area (Å²) >= 11 is 0. The first-order valence-corrected chi connectivity index (χ1v) is 6.00. The third-order valence-corrected chi connectivity index (χ3v) is 3.34. The topological polar surface area (TPSA) is 29.3 Å². The second kappa shape index (κ2) is 5.00. The zero-order valence-electron chi connectivity index (χ0n) is 9.83. The van der Waals surface area contributed by atoms with Crippen molar-refractivity contribution in [2.24, 2.45) is 0 Å². The maximum atomic E-state index is 13.0. The van der Waals surface area contributed by atoms with Crippen molar-refractivity contribution in [3.05, 3.63) is 29.8 Å². The number of hydrogen-bond donors (Lipinski definition) is 1. The highest BCUT2D eigenvalue weighted by Gasteiger charge is 2.33. The van der Waals surface area contributed by atoms with Crippen LogP contribution in [0.25, 0.3) is 0 Å². The van der Waals surface area contributed by atoms with Crippen molar-refractivity contribution in [3.63, 3.8) is 0 Å². The number of piperidine rings is 1. The molecule has 0 aromatic heterocycles. The molecule has 0 amide bonds. The number of nitrogen functional groups attached to an aromatic ring is 1. The minimum Gasteiger partial charge on any atom is -0.399 e. The maximum Gasteiger partial charge on any atom is 0.250 e. The zero-order valence-corrected chi connectivity index (χ0v) is 9.83. The summed E-state index contributed by atoms with van der Waals surface area (Å²) in [7, 11) is 0. The number of para-hydroxylation sites is 1. The predicted octanol–water partition coefficient (Wildman–Crippen LogP) is 2.54. The predicted molar refractivity (Wildman–Crippen MR) is 65.2 cm³/mol. The molecule has 0 spiro atoms. The molecule has 2 rings (SSSR count). The van der Waals surface area contributed by atoms with E-state index in [1.54, 1.807) is 0 Å². The van der Waals surface area contributed by atoms with Gasteiger partial charge in [0.05, 0.1) is 0 Å². The molecule has 4 heteroatoms. The van der Waals surface area contributed by atoms with E-state index in [1.165, 1.54) is 0 Å². The normalized spacial score (nSPS) is 20.4. The Morgan fingerprint density at radius 3 is 2.47 bits per heavy atom. The number of anilines is 1. The molecule has 1 aromatic carbocycles. The van der Waals surface area contributed by atoms with Gasteiger partial charge in [-0.25, -0.2) is 8.78 Å². The van der Waals surface area contributed by atoms with E-state index < -0.39 is 5.92 Å². The Labute approximate surface area is 100 Å². The molecule has 0 atom stereocenters. The minimum absolute atomic E-state index is 0.0166. The summed E-state index contributed by atoms with van der Waals surface area (Å²) in [6.07, 6.45) is 0.798. The van der Waals surface area contributed by atoms with Crippen LogP contribution in [0.1, 0.15) is 18.4 Å². The first kappa shape index (κ1) is 12.3. The van der Waals surface area contributed by atoms with Crippen molar-refractivity contribution in [1.29, 1.82) is 0 Å². The van der Waals surface area contributed by atoms with E-state index in [1.807, 2.05) is 24.3 Å². The SMILES string of the molecule is Nc1ccccc1CCN1CCC(F)(F)CC1. The van der Waals surface area contributed by atoms with Crippen LogP contribution in [-0.2, 0) is 6.42 Å². The average Bonchev–Trinajstić information content (AvgIpc) is 2.30. The van der Waals surface area contributed by atoms with Crippen molar-refractivity contribution in [1.82, 2.24) is 4.90 Å². The van der Waals surface area contributed by atoms with Crippen LogP contribution in [0, 0.1) is 0 Å². The summed E-state index contributed by atoms with van der Waals surface area (Å²) in [6.45, 7) is 1.78. The number of hydrogen-bond acceptors (Lipinski definition) is 2. The smallest absolute Gasteiger partial charge is 0.250 e. The van der Waals surface area contributed by atoms with Crippen molar-refractivity contribution in [2.75, 3.05) is 25.4 Å². The summed E-state index contributed by atoms with van der Waals surface area (Å²) in [5, 5.41) is 0. The largest absolute Gasteiger partial charge is 0.399 e. The molecule has 0 bridgehead atoms. The van der Waals surface area contributed by atoms with Gasteiger partial charge in [0.2, 0.25) is 0 Å². The number of likely N-dealkylation sites (tertiary alicyclic amines) is 1. The van der Waals surface area contributed by atoms with E-state index in [2.05, 4.69) is 4.90 Å². The lowest BCUT2D eigenvalue weighted by molar-refractivity contribution is -0.0547. The molecule has 0 unspecified atom stereocenters. The summed E-state index contributed by atoms with van der Waals surface area (Å²) in [5.74, 6) is -2.46. The fourth-order valence-corrected chi connectivity index (χ4v) is 2.14. The van der Waals surface area contributed by atoms with Crippen molar-refractivity contribution < 1.29 is 8.78 Å². The van der Waals surface area contributed by atoms with Gasteiger partial charge in [0, 0.05) is 38.2 Å². The first-order valence-electron chi connectivity index (χ1n) is 6.00. The van der Waals surface area contributed by atoms with Crippen molar-refractivity contribution >= 4 is 5.69 Å². The monoisotopic (exact) mass is 240 g/mol. The molecule has 0 aliphatic carbocycles. The average molecular weight is 240 g/mol. The fourth-order valence-electron chi connectivity index (χ4n) is 2.14. The number of halogens is 2. The van der Waals surface area contributed by atoms with Gasteiger partial charge in [-0.2, -0.15) is 0 Å². The summed E-state index contributed by atoms with van der Waals surface area (Å²) in [4.78, 5) is 2.09. The molecular formula is C13H18F2N2. The Bertz CT molecular complexity index is 369. The van der Waals surface area contributed by atoms with E-state index in [4.69, 9.17) is 5.73 Å². The molecule has 2 N–H and O–H groups in total. The van der Waals surface area contributed by atoms with Gasteiger partial charge in [0.25, 0.3) is 5.92 Å². The van der Waals surface area contributed by atoms with Crippen molar-refractivity contribution in [3.8, 4) is 0 Å². The standard InChI is InChI=1S/C13H18F2N2/c14-13(15)6-9-17(10-7-13)8-5-11-3-1-2-4-12(11)16/h1-4H,5-10,16H2. The number of nitrogens with zero attached hydrogens (tertiary/aromatic N) is 1. The highest BCUT2D eigenvalue weighted by Crippen LogP contribution is 2.27. The molecule has 1 heterocycles. The van der Waals surface area contributed by atoms with Gasteiger partial charge in [-0.3, -0.25) is 0 Å². The molecule has 1 aliphatic rings. The number of benzene rings is 1. The summed E-state index contributed by atoms with van der Waals surface area (Å²) < 4.78 is 25.9. The Hall–Kier alpha value is -1.16. The first-order chi connectivity index (χ1) is 8.07. The van der Waals surface area contributed by atoms with Gasteiger partial charge in [-0.05, 0) is 18.1 Å². The van der Waals surface area contributed by atoms with E-state index in [0.717, 1.165) is 24.2 Å². The third kappa shape index (κ3) is 3.40. The molecule has 94 valence electrons. The van der Waals surface area contributed by atoms with Gasteiger partial charge in [0.1, 0.15) is 0 Å². The second-order valence-electron chi connectivity index (χ2n) is 4.65. The van der Waals surface area contributed by atoms with Crippen LogP contribution < -0.4 is 5.73 Å². The van der Waals surface area contributed by atoms with Crippen LogP contribution in [0.4, 0.5) is 14.5 Å². The number of alkyl halides is 2. The Balaban J connectivity index is 1.82. The quantitative estimate of drug-likeness (QED) is 0.823. The Morgan fingerprint density at radius 1 is 1.18 bits per heavy atom. The van der Waals surface area contributed by atoms with Crippen LogP contribution >= 0.6 is 0 Å². The van der Waals surface area contributed by atoms with Crippen LogP contribution in [0.2, 0.25) is 0 Å². The van der Waals surface area contributed by atoms with Gasteiger partial charge in [0.15, 0.2) is 0 Å². The summed E-state index contributed by atoms with van der Waals surface area (Å²) in [6, 6.07) is 7.73. The number of rotatable bonds is 3. The Morgan fingerprint density at radius 2 is 1.82 bits per heavy atom. The highest BCUT2D eigenvalue weighted by atomic mass is 19.3. The van der Waals surface area contributed by atoms with E-state index in [-0.39, 0.29) is 12.8 Å². The van der Waals surface area contributed by atoms with Crippen LogP contribution in [-0.4, -0.2) is 30.5 Å². The van der Waals surface area contributed by atoms with Gasteiger partial charge in [-0.1, -0.05) is 18.2 Å². The molecule has 1 fully saturated rings. The molecule has 0 saturated carbocycles. The molecular weight excluding hydrogens is 222 g/mol. The van der Waals surface area contributed by atoms with Gasteiger partial charge in [-0.15, -0.1) is 0 Å². The molecule has 1 saturated heterocycles. The maximum absolute atomic E-state index is 13.0. The lowest BCUT2D eigenvalue weighted by Gasteiger charge is -2.31. The Kier molecular flexibility index (Phi) is 3.62. The summed E-state index contributed by atoms with van der Waals surface area (Å²) in [5.41, 5.74) is 7.73. The number of nitrogens with two attached hydrogens (primary N) is 1.